The molecule has 0 amide bonds. The lowest BCUT2D eigenvalue weighted by atomic mass is 9.91. The van der Waals surface area contributed by atoms with Crippen LogP contribution >= 0.6 is 11.6 Å². The fraction of sp³-hybridized carbons (Fsp3) is 0.400. The number of aromatic amines is 1. The number of nitrogens with zero attached hydrogens (tertiary/aromatic N) is 2. The van der Waals surface area contributed by atoms with Crippen molar-refractivity contribution in [2.75, 3.05) is 5.73 Å². The Morgan fingerprint density at radius 3 is 2.67 bits per heavy atom. The normalized spacial score (nSPS) is 12.3. The Bertz CT molecular complexity index is 510. The number of rotatable bonds is 0. The average molecular weight is 225 g/mol. The van der Waals surface area contributed by atoms with E-state index in [1.54, 1.807) is 0 Å². The van der Waals surface area contributed by atoms with E-state index in [4.69, 9.17) is 17.3 Å². The molecule has 0 aliphatic heterocycles. The third kappa shape index (κ3) is 1.65. The molecule has 0 saturated carbocycles. The molecule has 0 bridgehead atoms. The third-order valence-corrected chi connectivity index (χ3v) is 2.51. The van der Waals surface area contributed by atoms with Crippen LogP contribution in [0.2, 0.25) is 5.02 Å². The van der Waals surface area contributed by atoms with Crippen molar-refractivity contribution in [3.05, 3.63) is 16.8 Å². The summed E-state index contributed by atoms with van der Waals surface area (Å²) in [6, 6.07) is 1.81. The minimum absolute atomic E-state index is 0.102. The van der Waals surface area contributed by atoms with Gasteiger partial charge < -0.3 is 5.73 Å². The zero-order valence-corrected chi connectivity index (χ0v) is 9.68. The molecule has 5 heteroatoms. The lowest BCUT2D eigenvalue weighted by Gasteiger charge is -2.18. The van der Waals surface area contributed by atoms with Crippen LogP contribution in [0.15, 0.2) is 6.07 Å². The van der Waals surface area contributed by atoms with E-state index in [0.717, 1.165) is 11.2 Å². The second kappa shape index (κ2) is 3.10. The molecule has 0 aliphatic carbocycles. The van der Waals surface area contributed by atoms with Crippen LogP contribution in [0.3, 0.4) is 0 Å². The Balaban J connectivity index is 2.76. The maximum absolute atomic E-state index is 6.15. The predicted molar refractivity (Wildman–Crippen MR) is 62.0 cm³/mol. The van der Waals surface area contributed by atoms with Crippen LogP contribution in [0.1, 0.15) is 26.5 Å². The fourth-order valence-electron chi connectivity index (χ4n) is 1.47. The third-order valence-electron chi connectivity index (χ3n) is 2.23. The fourth-order valence-corrected chi connectivity index (χ4v) is 1.90. The number of fused-ring (bicyclic) bond motifs is 1. The van der Waals surface area contributed by atoms with Crippen LogP contribution in [-0.4, -0.2) is 15.2 Å². The molecule has 3 N–H and O–H groups in total. The summed E-state index contributed by atoms with van der Waals surface area (Å²) < 4.78 is 0. The summed E-state index contributed by atoms with van der Waals surface area (Å²) in [4.78, 5) is 4.45. The first-order chi connectivity index (χ1) is 6.89. The zero-order valence-electron chi connectivity index (χ0n) is 8.93. The summed E-state index contributed by atoms with van der Waals surface area (Å²) in [6.45, 7) is 6.18. The largest absolute Gasteiger partial charge is 0.380 e. The number of hydrogen-bond acceptors (Lipinski definition) is 3. The molecule has 0 aliphatic rings. The van der Waals surface area contributed by atoms with E-state index in [9.17, 15) is 0 Å². The Morgan fingerprint density at radius 1 is 1.40 bits per heavy atom. The van der Waals surface area contributed by atoms with Gasteiger partial charge >= 0.3 is 0 Å². The van der Waals surface area contributed by atoms with Crippen molar-refractivity contribution in [1.29, 1.82) is 0 Å². The highest BCUT2D eigenvalue weighted by atomic mass is 35.5. The van der Waals surface area contributed by atoms with Crippen molar-refractivity contribution in [2.45, 2.75) is 26.2 Å². The number of nitrogens with one attached hydrogen (secondary N) is 1. The molecule has 0 atom stereocenters. The Hall–Kier alpha value is -1.29. The first-order valence-electron chi connectivity index (χ1n) is 4.70. The van der Waals surface area contributed by atoms with Crippen LogP contribution < -0.4 is 5.73 Å². The van der Waals surface area contributed by atoms with Gasteiger partial charge in [0.05, 0.1) is 16.2 Å². The van der Waals surface area contributed by atoms with Crippen molar-refractivity contribution < 1.29 is 0 Å². The maximum Gasteiger partial charge on any atom is 0.171 e. The Labute approximate surface area is 92.8 Å². The molecule has 0 radical (unpaired) electrons. The van der Waals surface area contributed by atoms with Gasteiger partial charge in [0.2, 0.25) is 0 Å². The van der Waals surface area contributed by atoms with Crippen molar-refractivity contribution >= 4 is 28.5 Å². The summed E-state index contributed by atoms with van der Waals surface area (Å²) >= 11 is 6.15. The number of H-pyrrole nitrogens is 1. The van der Waals surface area contributed by atoms with E-state index in [0.29, 0.717) is 16.4 Å². The second-order valence-electron chi connectivity index (χ2n) is 4.57. The van der Waals surface area contributed by atoms with E-state index < -0.39 is 0 Å². The summed E-state index contributed by atoms with van der Waals surface area (Å²) in [7, 11) is 0. The summed E-state index contributed by atoms with van der Waals surface area (Å²) in [6.07, 6.45) is 0. The Kier molecular flexibility index (Phi) is 2.12. The van der Waals surface area contributed by atoms with Gasteiger partial charge in [0.15, 0.2) is 5.82 Å². The number of aromatic nitrogens is 3. The van der Waals surface area contributed by atoms with E-state index in [1.807, 2.05) is 6.07 Å². The monoisotopic (exact) mass is 224 g/mol. The molecular formula is C10H13ClN4. The molecule has 2 rings (SSSR count). The van der Waals surface area contributed by atoms with Crippen molar-refractivity contribution in [1.82, 2.24) is 15.2 Å². The molecule has 0 aromatic carbocycles. The number of hydrogen-bond donors (Lipinski definition) is 2. The van der Waals surface area contributed by atoms with E-state index in [2.05, 4.69) is 36.0 Å². The molecule has 15 heavy (non-hydrogen) atoms. The highest BCUT2D eigenvalue weighted by Gasteiger charge is 2.21. The smallest absolute Gasteiger partial charge is 0.171 e. The number of nitrogen functional groups attached to an aromatic ring is 1. The van der Waals surface area contributed by atoms with Crippen LogP contribution in [0, 0.1) is 0 Å². The van der Waals surface area contributed by atoms with Gasteiger partial charge in [-0.15, -0.1) is 0 Å². The molecule has 0 saturated heterocycles. The Morgan fingerprint density at radius 2 is 2.07 bits per heavy atom. The van der Waals surface area contributed by atoms with E-state index in [-0.39, 0.29) is 5.41 Å². The van der Waals surface area contributed by atoms with Gasteiger partial charge in [-0.25, -0.2) is 4.98 Å². The van der Waals surface area contributed by atoms with Crippen molar-refractivity contribution in [3.63, 3.8) is 0 Å². The highest BCUT2D eigenvalue weighted by Crippen LogP contribution is 2.30. The highest BCUT2D eigenvalue weighted by molar-refractivity contribution is 6.32. The summed E-state index contributed by atoms with van der Waals surface area (Å²) in [5.74, 6) is 0.409. The topological polar surface area (TPSA) is 67.6 Å². The van der Waals surface area contributed by atoms with Gasteiger partial charge in [0.25, 0.3) is 0 Å². The van der Waals surface area contributed by atoms with E-state index >= 15 is 0 Å². The van der Waals surface area contributed by atoms with Crippen molar-refractivity contribution in [3.8, 4) is 0 Å². The number of anilines is 1. The van der Waals surface area contributed by atoms with Crippen LogP contribution in [0.25, 0.3) is 11.0 Å². The molecule has 2 aromatic heterocycles. The lowest BCUT2D eigenvalue weighted by molar-refractivity contribution is 0.572. The molecule has 80 valence electrons. The summed E-state index contributed by atoms with van der Waals surface area (Å²) in [5.41, 5.74) is 7.88. The first kappa shape index (κ1) is 10.2. The standard InChI is InChI=1S/C10H13ClN4/c1-10(2,3)8-5(11)4-6-7(13-8)9(12)15-14-6/h4H,1-3H3,(H3,12,14,15). The molecule has 0 spiro atoms. The number of nitrogens with two attached hydrogens (primary N) is 1. The van der Waals surface area contributed by atoms with Gasteiger partial charge in [-0.1, -0.05) is 32.4 Å². The van der Waals surface area contributed by atoms with Crippen LogP contribution in [0.4, 0.5) is 5.82 Å². The average Bonchev–Trinajstić information content (AvgIpc) is 2.44. The minimum Gasteiger partial charge on any atom is -0.380 e. The zero-order chi connectivity index (χ0) is 11.2. The second-order valence-corrected chi connectivity index (χ2v) is 4.98. The van der Waals surface area contributed by atoms with Crippen LogP contribution in [-0.2, 0) is 5.41 Å². The molecular weight excluding hydrogens is 212 g/mol. The first-order valence-corrected chi connectivity index (χ1v) is 5.08. The molecule has 2 aromatic rings. The van der Waals surface area contributed by atoms with Gasteiger partial charge in [-0.2, -0.15) is 5.10 Å². The summed E-state index contributed by atoms with van der Waals surface area (Å²) in [5, 5.41) is 7.31. The van der Waals surface area contributed by atoms with Gasteiger partial charge in [0, 0.05) is 5.41 Å². The van der Waals surface area contributed by atoms with Gasteiger partial charge in [0.1, 0.15) is 5.52 Å². The molecule has 0 unspecified atom stereocenters. The van der Waals surface area contributed by atoms with Gasteiger partial charge in [-0.05, 0) is 6.07 Å². The quantitative estimate of drug-likeness (QED) is 0.723. The molecule has 4 nitrogen and oxygen atoms in total. The molecule has 2 heterocycles. The minimum atomic E-state index is -0.102. The van der Waals surface area contributed by atoms with Crippen molar-refractivity contribution in [2.24, 2.45) is 0 Å². The number of halogens is 1. The lowest BCUT2D eigenvalue weighted by Crippen LogP contribution is -2.14. The van der Waals surface area contributed by atoms with Gasteiger partial charge in [-0.3, -0.25) is 5.10 Å². The SMILES string of the molecule is CC(C)(C)c1nc2c(N)n[nH]c2cc1Cl. The van der Waals surface area contributed by atoms with Crippen LogP contribution in [0.5, 0.6) is 0 Å². The maximum atomic E-state index is 6.15. The molecule has 0 fully saturated rings. The predicted octanol–water partition coefficient (Wildman–Crippen LogP) is 2.49. The number of pyridine rings is 1. The van der Waals surface area contributed by atoms with E-state index in [1.165, 1.54) is 0 Å².